The number of hydrogen-bond acceptors (Lipinski definition) is 2. The highest BCUT2D eigenvalue weighted by Crippen LogP contribution is 2.19. The van der Waals surface area contributed by atoms with E-state index in [0.717, 1.165) is 6.07 Å². The molecule has 0 aliphatic heterocycles. The first kappa shape index (κ1) is 16.6. The Bertz CT molecular complexity index is 506. The third-order valence-corrected chi connectivity index (χ3v) is 3.30. The van der Waals surface area contributed by atoms with Gasteiger partial charge in [0.2, 0.25) is 5.91 Å². The standard InChI is InChI=1S/C14H18BrFN2O2/c1-4-18(8-13(19)17-9(2)3)14(20)11-7-10(16)5-6-12(11)15/h5-7,9H,4,8H2,1-3H3,(H,17,19). The predicted octanol–water partition coefficient (Wildman–Crippen LogP) is 2.57. The molecule has 6 heteroatoms. The number of nitrogens with zero attached hydrogens (tertiary/aromatic N) is 1. The maximum atomic E-state index is 13.2. The van der Waals surface area contributed by atoms with Gasteiger partial charge in [0.1, 0.15) is 5.82 Å². The van der Waals surface area contributed by atoms with Gasteiger partial charge in [-0.1, -0.05) is 0 Å². The fourth-order valence-corrected chi connectivity index (χ4v) is 2.12. The van der Waals surface area contributed by atoms with Crippen LogP contribution in [0.3, 0.4) is 0 Å². The largest absolute Gasteiger partial charge is 0.352 e. The molecular weight excluding hydrogens is 327 g/mol. The van der Waals surface area contributed by atoms with E-state index in [4.69, 9.17) is 0 Å². The van der Waals surface area contributed by atoms with E-state index in [1.54, 1.807) is 6.92 Å². The first-order chi connectivity index (χ1) is 9.35. The van der Waals surface area contributed by atoms with E-state index in [9.17, 15) is 14.0 Å². The molecule has 0 atom stereocenters. The number of nitrogens with one attached hydrogen (secondary N) is 1. The Morgan fingerprint density at radius 1 is 1.40 bits per heavy atom. The molecule has 0 aliphatic rings. The second-order valence-corrected chi connectivity index (χ2v) is 5.52. The molecular formula is C14H18BrFN2O2. The minimum Gasteiger partial charge on any atom is -0.352 e. The molecule has 20 heavy (non-hydrogen) atoms. The fraction of sp³-hybridized carbons (Fsp3) is 0.429. The quantitative estimate of drug-likeness (QED) is 0.892. The number of rotatable bonds is 5. The Hall–Kier alpha value is -1.43. The number of likely N-dealkylation sites (N-methyl/N-ethyl adjacent to an activating group) is 1. The van der Waals surface area contributed by atoms with E-state index in [0.29, 0.717) is 11.0 Å². The molecule has 1 N–H and O–H groups in total. The van der Waals surface area contributed by atoms with Crippen LogP contribution in [0.1, 0.15) is 31.1 Å². The first-order valence-electron chi connectivity index (χ1n) is 6.38. The second-order valence-electron chi connectivity index (χ2n) is 4.67. The topological polar surface area (TPSA) is 49.4 Å². The van der Waals surface area contributed by atoms with Gasteiger partial charge in [-0.3, -0.25) is 9.59 Å². The molecule has 1 aromatic carbocycles. The van der Waals surface area contributed by atoms with Crippen molar-refractivity contribution in [2.75, 3.05) is 13.1 Å². The minimum absolute atomic E-state index is 0.0113. The number of carbonyl (C=O) groups excluding carboxylic acids is 2. The normalized spacial score (nSPS) is 10.5. The highest BCUT2D eigenvalue weighted by Gasteiger charge is 2.20. The van der Waals surface area contributed by atoms with Gasteiger partial charge in [-0.05, 0) is 54.9 Å². The summed E-state index contributed by atoms with van der Waals surface area (Å²) in [7, 11) is 0. The highest BCUT2D eigenvalue weighted by molar-refractivity contribution is 9.10. The van der Waals surface area contributed by atoms with Crippen molar-refractivity contribution < 1.29 is 14.0 Å². The Morgan fingerprint density at radius 2 is 2.05 bits per heavy atom. The van der Waals surface area contributed by atoms with Crippen LogP contribution in [-0.4, -0.2) is 35.8 Å². The Balaban J connectivity index is 2.86. The highest BCUT2D eigenvalue weighted by atomic mass is 79.9. The third-order valence-electron chi connectivity index (χ3n) is 2.61. The first-order valence-corrected chi connectivity index (χ1v) is 7.18. The van der Waals surface area contributed by atoms with E-state index in [-0.39, 0.29) is 30.0 Å². The molecule has 1 aromatic rings. The van der Waals surface area contributed by atoms with Crippen molar-refractivity contribution in [1.82, 2.24) is 10.2 Å². The van der Waals surface area contributed by atoms with E-state index in [1.165, 1.54) is 17.0 Å². The lowest BCUT2D eigenvalue weighted by atomic mass is 10.2. The summed E-state index contributed by atoms with van der Waals surface area (Å²) in [6.07, 6.45) is 0. The number of benzene rings is 1. The number of carbonyl (C=O) groups is 2. The van der Waals surface area contributed by atoms with Gasteiger partial charge < -0.3 is 10.2 Å². The van der Waals surface area contributed by atoms with E-state index in [1.807, 2.05) is 13.8 Å². The van der Waals surface area contributed by atoms with Crippen molar-refractivity contribution in [2.24, 2.45) is 0 Å². The molecule has 0 aromatic heterocycles. The number of halogens is 2. The SMILES string of the molecule is CCN(CC(=O)NC(C)C)C(=O)c1cc(F)ccc1Br. The summed E-state index contributed by atoms with van der Waals surface area (Å²) >= 11 is 3.22. The lowest BCUT2D eigenvalue weighted by Gasteiger charge is -2.21. The lowest BCUT2D eigenvalue weighted by Crippen LogP contribution is -2.42. The van der Waals surface area contributed by atoms with Gasteiger partial charge in [0, 0.05) is 17.1 Å². The average molecular weight is 345 g/mol. The Morgan fingerprint density at radius 3 is 2.60 bits per heavy atom. The molecule has 0 saturated heterocycles. The van der Waals surface area contributed by atoms with Crippen molar-refractivity contribution in [3.63, 3.8) is 0 Å². The van der Waals surface area contributed by atoms with Crippen LogP contribution in [-0.2, 0) is 4.79 Å². The monoisotopic (exact) mass is 344 g/mol. The van der Waals surface area contributed by atoms with Crippen molar-refractivity contribution >= 4 is 27.7 Å². The van der Waals surface area contributed by atoms with Crippen LogP contribution in [0.25, 0.3) is 0 Å². The van der Waals surface area contributed by atoms with Crippen molar-refractivity contribution in [1.29, 1.82) is 0 Å². The number of hydrogen-bond donors (Lipinski definition) is 1. The second kappa shape index (κ2) is 7.38. The molecule has 0 unspecified atom stereocenters. The lowest BCUT2D eigenvalue weighted by molar-refractivity contribution is -0.122. The van der Waals surface area contributed by atoms with Gasteiger partial charge >= 0.3 is 0 Å². The van der Waals surface area contributed by atoms with Crippen LogP contribution in [0.4, 0.5) is 4.39 Å². The van der Waals surface area contributed by atoms with Crippen molar-refractivity contribution in [3.8, 4) is 0 Å². The minimum atomic E-state index is -0.487. The van der Waals surface area contributed by atoms with E-state index < -0.39 is 5.82 Å². The van der Waals surface area contributed by atoms with Crippen molar-refractivity contribution in [3.05, 3.63) is 34.1 Å². The summed E-state index contributed by atoms with van der Waals surface area (Å²) in [5.41, 5.74) is 0.212. The van der Waals surface area contributed by atoms with Crippen LogP contribution in [0.2, 0.25) is 0 Å². The van der Waals surface area contributed by atoms with Gasteiger partial charge in [-0.15, -0.1) is 0 Å². The molecule has 0 saturated carbocycles. The average Bonchev–Trinajstić information content (AvgIpc) is 2.37. The van der Waals surface area contributed by atoms with Crippen LogP contribution >= 0.6 is 15.9 Å². The van der Waals surface area contributed by atoms with Crippen LogP contribution in [0.15, 0.2) is 22.7 Å². The molecule has 0 bridgehead atoms. The Labute approximate surface area is 126 Å². The summed E-state index contributed by atoms with van der Waals surface area (Å²) < 4.78 is 13.7. The molecule has 0 aliphatic carbocycles. The molecule has 2 amide bonds. The van der Waals surface area contributed by atoms with Crippen LogP contribution in [0.5, 0.6) is 0 Å². The van der Waals surface area contributed by atoms with Crippen molar-refractivity contribution in [2.45, 2.75) is 26.8 Å². The zero-order chi connectivity index (χ0) is 15.3. The molecule has 0 radical (unpaired) electrons. The summed E-state index contributed by atoms with van der Waals surface area (Å²) in [5.74, 6) is -1.10. The zero-order valence-electron chi connectivity index (χ0n) is 11.7. The predicted molar refractivity (Wildman–Crippen MR) is 79.0 cm³/mol. The Kier molecular flexibility index (Phi) is 6.13. The van der Waals surface area contributed by atoms with Gasteiger partial charge in [-0.25, -0.2) is 4.39 Å². The molecule has 1 rings (SSSR count). The van der Waals surface area contributed by atoms with Gasteiger partial charge in [-0.2, -0.15) is 0 Å². The van der Waals surface area contributed by atoms with Crippen LogP contribution in [0, 0.1) is 5.82 Å². The fourth-order valence-electron chi connectivity index (χ4n) is 1.70. The summed E-state index contributed by atoms with van der Waals surface area (Å²) in [4.78, 5) is 25.4. The molecule has 4 nitrogen and oxygen atoms in total. The zero-order valence-corrected chi connectivity index (χ0v) is 13.3. The molecule has 0 heterocycles. The number of amides is 2. The van der Waals surface area contributed by atoms with E-state index >= 15 is 0 Å². The third kappa shape index (κ3) is 4.59. The van der Waals surface area contributed by atoms with Gasteiger partial charge in [0.05, 0.1) is 12.1 Å². The molecule has 0 spiro atoms. The smallest absolute Gasteiger partial charge is 0.255 e. The molecule has 0 fully saturated rings. The van der Waals surface area contributed by atoms with E-state index in [2.05, 4.69) is 21.2 Å². The summed E-state index contributed by atoms with van der Waals surface area (Å²) in [6, 6.07) is 3.92. The maximum absolute atomic E-state index is 13.2. The van der Waals surface area contributed by atoms with Gasteiger partial charge in [0.15, 0.2) is 0 Å². The molecule has 110 valence electrons. The van der Waals surface area contributed by atoms with Crippen LogP contribution < -0.4 is 5.32 Å². The summed E-state index contributed by atoms with van der Waals surface area (Å²) in [5, 5.41) is 2.72. The van der Waals surface area contributed by atoms with Gasteiger partial charge in [0.25, 0.3) is 5.91 Å². The maximum Gasteiger partial charge on any atom is 0.255 e. The summed E-state index contributed by atoms with van der Waals surface area (Å²) in [6.45, 7) is 5.79.